The number of halogens is 1. The third kappa shape index (κ3) is 5.73. The smallest absolute Gasteiger partial charge is 0.271 e. The van der Waals surface area contributed by atoms with Gasteiger partial charge in [0.1, 0.15) is 0 Å². The van der Waals surface area contributed by atoms with Crippen molar-refractivity contribution >= 4 is 29.1 Å². The van der Waals surface area contributed by atoms with Crippen molar-refractivity contribution in [3.05, 3.63) is 75.3 Å². The molecule has 5 nitrogen and oxygen atoms in total. The molecule has 0 bridgehead atoms. The van der Waals surface area contributed by atoms with E-state index in [0.29, 0.717) is 17.3 Å². The van der Waals surface area contributed by atoms with Crippen molar-refractivity contribution in [3.63, 3.8) is 0 Å². The second-order valence-corrected chi connectivity index (χ2v) is 5.27. The van der Waals surface area contributed by atoms with Crippen LogP contribution >= 0.6 is 11.6 Å². The van der Waals surface area contributed by atoms with Gasteiger partial charge in [0, 0.05) is 31.8 Å². The van der Waals surface area contributed by atoms with Crippen LogP contribution in [0.1, 0.15) is 5.56 Å². The van der Waals surface area contributed by atoms with E-state index in [9.17, 15) is 10.1 Å². The number of rotatable bonds is 8. The van der Waals surface area contributed by atoms with Gasteiger partial charge in [0.05, 0.1) is 15.6 Å². The molecule has 0 amide bonds. The maximum absolute atomic E-state index is 10.6. The molecule has 0 heterocycles. The fourth-order valence-corrected chi connectivity index (χ4v) is 2.23. The van der Waals surface area contributed by atoms with Crippen LogP contribution < -0.4 is 10.6 Å². The summed E-state index contributed by atoms with van der Waals surface area (Å²) in [6, 6.07) is 14.5. The van der Waals surface area contributed by atoms with E-state index in [1.165, 1.54) is 17.7 Å². The summed E-state index contributed by atoms with van der Waals surface area (Å²) in [6.45, 7) is 2.20. The van der Waals surface area contributed by atoms with Crippen LogP contribution in [0.25, 0.3) is 6.08 Å². The van der Waals surface area contributed by atoms with Gasteiger partial charge in [-0.05, 0) is 11.6 Å². The summed E-state index contributed by atoms with van der Waals surface area (Å²) < 4.78 is 0. The Morgan fingerprint density at radius 2 is 1.91 bits per heavy atom. The van der Waals surface area contributed by atoms with Crippen molar-refractivity contribution in [1.29, 1.82) is 0 Å². The molecule has 2 N–H and O–H groups in total. The van der Waals surface area contributed by atoms with Gasteiger partial charge in [0.2, 0.25) is 0 Å². The van der Waals surface area contributed by atoms with E-state index in [2.05, 4.69) is 34.9 Å². The molecule has 6 heteroatoms. The average Bonchev–Trinajstić information content (AvgIpc) is 2.56. The molecule has 2 rings (SSSR count). The molecule has 23 heavy (non-hydrogen) atoms. The number of nitrogens with zero attached hydrogens (tertiary/aromatic N) is 1. The maximum atomic E-state index is 10.6. The predicted molar refractivity (Wildman–Crippen MR) is 94.9 cm³/mol. The normalized spacial score (nSPS) is 10.8. The van der Waals surface area contributed by atoms with Crippen LogP contribution in [0, 0.1) is 10.1 Å². The van der Waals surface area contributed by atoms with Crippen LogP contribution in [0.2, 0.25) is 5.02 Å². The van der Waals surface area contributed by atoms with E-state index in [-0.39, 0.29) is 5.69 Å². The lowest BCUT2D eigenvalue weighted by Gasteiger charge is -2.08. The second kappa shape index (κ2) is 8.92. The first-order chi connectivity index (χ1) is 11.2. The first-order valence-electron chi connectivity index (χ1n) is 7.27. The summed E-state index contributed by atoms with van der Waals surface area (Å²) in [5, 5.41) is 17.4. The molecule has 120 valence electrons. The van der Waals surface area contributed by atoms with Crippen LogP contribution in [-0.2, 0) is 0 Å². The summed E-state index contributed by atoms with van der Waals surface area (Å²) in [7, 11) is 0. The number of nitrogens with one attached hydrogen (secondary N) is 2. The molecule has 0 aliphatic carbocycles. The lowest BCUT2D eigenvalue weighted by atomic mass is 10.2. The van der Waals surface area contributed by atoms with E-state index in [1.807, 2.05) is 18.2 Å². The molecule has 2 aromatic carbocycles. The highest BCUT2D eigenvalue weighted by Crippen LogP contribution is 2.26. The van der Waals surface area contributed by atoms with Crippen molar-refractivity contribution in [2.24, 2.45) is 0 Å². The Balaban J connectivity index is 1.68. The van der Waals surface area contributed by atoms with E-state index in [4.69, 9.17) is 11.6 Å². The van der Waals surface area contributed by atoms with Gasteiger partial charge in [-0.25, -0.2) is 0 Å². The van der Waals surface area contributed by atoms with Gasteiger partial charge in [0.15, 0.2) is 0 Å². The van der Waals surface area contributed by atoms with Gasteiger partial charge in [0.25, 0.3) is 5.69 Å². The number of anilines is 1. The molecular formula is C17H18ClN3O2. The molecule has 0 aliphatic rings. The monoisotopic (exact) mass is 331 g/mol. The Hall–Kier alpha value is -2.37. The summed E-state index contributed by atoms with van der Waals surface area (Å²) in [6.07, 6.45) is 4.13. The molecule has 0 saturated heterocycles. The van der Waals surface area contributed by atoms with Crippen LogP contribution in [0.3, 0.4) is 0 Å². The summed E-state index contributed by atoms with van der Waals surface area (Å²) in [5.74, 6) is 0. The summed E-state index contributed by atoms with van der Waals surface area (Å²) in [4.78, 5) is 10.2. The first-order valence-corrected chi connectivity index (χ1v) is 7.65. The topological polar surface area (TPSA) is 67.2 Å². The first kappa shape index (κ1) is 17.0. The second-order valence-electron chi connectivity index (χ2n) is 4.87. The van der Waals surface area contributed by atoms with Crippen molar-refractivity contribution in [1.82, 2.24) is 5.32 Å². The summed E-state index contributed by atoms with van der Waals surface area (Å²) in [5.41, 5.74) is 1.86. The Morgan fingerprint density at radius 1 is 1.13 bits per heavy atom. The molecule has 0 spiro atoms. The fraction of sp³-hybridized carbons (Fsp3) is 0.176. The Kier molecular flexibility index (Phi) is 6.59. The molecule has 0 atom stereocenters. The maximum Gasteiger partial charge on any atom is 0.271 e. The molecule has 0 aromatic heterocycles. The average molecular weight is 332 g/mol. The molecule has 2 aromatic rings. The minimum atomic E-state index is -0.462. The van der Waals surface area contributed by atoms with Crippen molar-refractivity contribution in [2.45, 2.75) is 0 Å². The third-order valence-electron chi connectivity index (χ3n) is 3.15. The number of nitro benzene ring substituents is 1. The highest BCUT2D eigenvalue weighted by atomic mass is 35.5. The Morgan fingerprint density at radius 3 is 2.61 bits per heavy atom. The lowest BCUT2D eigenvalue weighted by molar-refractivity contribution is -0.384. The Bertz CT molecular complexity index is 675. The highest BCUT2D eigenvalue weighted by molar-refractivity contribution is 6.33. The molecule has 0 radical (unpaired) electrons. The van der Waals surface area contributed by atoms with Gasteiger partial charge in [-0.15, -0.1) is 0 Å². The Labute approximate surface area is 140 Å². The van der Waals surface area contributed by atoms with Crippen LogP contribution in [-0.4, -0.2) is 24.6 Å². The predicted octanol–water partition coefficient (Wildman–Crippen LogP) is 3.96. The van der Waals surface area contributed by atoms with Crippen molar-refractivity contribution in [2.75, 3.05) is 25.0 Å². The summed E-state index contributed by atoms with van der Waals surface area (Å²) >= 11 is 6.01. The van der Waals surface area contributed by atoms with Crippen molar-refractivity contribution in [3.8, 4) is 0 Å². The van der Waals surface area contributed by atoms with Gasteiger partial charge >= 0.3 is 0 Å². The van der Waals surface area contributed by atoms with Gasteiger partial charge in [-0.3, -0.25) is 10.1 Å². The molecule has 0 saturated carbocycles. The van der Waals surface area contributed by atoms with Crippen LogP contribution in [0.15, 0.2) is 54.6 Å². The fourth-order valence-electron chi connectivity index (χ4n) is 1.99. The number of benzene rings is 2. The molecular weight excluding hydrogens is 314 g/mol. The molecule has 0 aliphatic heterocycles. The van der Waals surface area contributed by atoms with Crippen molar-refractivity contribution < 1.29 is 4.92 Å². The van der Waals surface area contributed by atoms with E-state index < -0.39 is 4.92 Å². The van der Waals surface area contributed by atoms with Gasteiger partial charge in [-0.2, -0.15) is 0 Å². The number of nitro groups is 1. The SMILES string of the molecule is O=[N+]([O-])c1ccc(NCCNC/C=C/c2ccccc2)c(Cl)c1. The van der Waals surface area contributed by atoms with Gasteiger partial charge < -0.3 is 10.6 Å². The largest absolute Gasteiger partial charge is 0.383 e. The van der Waals surface area contributed by atoms with Crippen LogP contribution in [0.5, 0.6) is 0 Å². The van der Waals surface area contributed by atoms with E-state index in [1.54, 1.807) is 6.07 Å². The minimum absolute atomic E-state index is 0.00951. The number of hydrogen-bond acceptors (Lipinski definition) is 4. The molecule has 0 fully saturated rings. The standard InChI is InChI=1S/C17H18ClN3O2/c18-16-13-15(21(22)23)8-9-17(16)20-12-11-19-10-4-7-14-5-2-1-3-6-14/h1-9,13,19-20H,10-12H2/b7-4+. The number of non-ortho nitro benzene ring substituents is 1. The van der Waals surface area contributed by atoms with Gasteiger partial charge in [-0.1, -0.05) is 54.1 Å². The minimum Gasteiger partial charge on any atom is -0.383 e. The lowest BCUT2D eigenvalue weighted by Crippen LogP contribution is -2.22. The highest BCUT2D eigenvalue weighted by Gasteiger charge is 2.08. The van der Waals surface area contributed by atoms with Crippen LogP contribution in [0.4, 0.5) is 11.4 Å². The zero-order chi connectivity index (χ0) is 16.5. The zero-order valence-corrected chi connectivity index (χ0v) is 13.3. The molecule has 0 unspecified atom stereocenters. The quantitative estimate of drug-likeness (QED) is 0.436. The third-order valence-corrected chi connectivity index (χ3v) is 3.47. The zero-order valence-electron chi connectivity index (χ0n) is 12.5. The van der Waals surface area contributed by atoms with E-state index >= 15 is 0 Å². The van der Waals surface area contributed by atoms with E-state index in [0.717, 1.165) is 13.1 Å². The number of hydrogen-bond donors (Lipinski definition) is 2.